The van der Waals surface area contributed by atoms with Gasteiger partial charge in [0.15, 0.2) is 11.5 Å². The van der Waals surface area contributed by atoms with Crippen LogP contribution in [0.2, 0.25) is 0 Å². The number of phenols is 2. The minimum Gasteiger partial charge on any atom is -0.504 e. The predicted molar refractivity (Wildman–Crippen MR) is 108 cm³/mol. The molecule has 1 saturated heterocycles. The van der Waals surface area contributed by atoms with Crippen molar-refractivity contribution < 1.29 is 29.3 Å². The number of esters is 1. The summed E-state index contributed by atoms with van der Waals surface area (Å²) in [4.78, 5) is 40.3. The van der Waals surface area contributed by atoms with Gasteiger partial charge in [-0.3, -0.25) is 14.5 Å². The zero-order valence-electron chi connectivity index (χ0n) is 17.0. The number of ether oxygens (including phenoxy) is 1. The molecule has 4 atom stereocenters. The van der Waals surface area contributed by atoms with E-state index in [1.807, 2.05) is 19.1 Å². The molecule has 0 aromatic heterocycles. The van der Waals surface area contributed by atoms with Gasteiger partial charge in [0.1, 0.15) is 5.56 Å². The fourth-order valence-electron chi connectivity index (χ4n) is 5.10. The lowest BCUT2D eigenvalue weighted by Crippen LogP contribution is -2.42. The Balaban J connectivity index is 1.51. The Hall–Kier alpha value is -2.83. The summed E-state index contributed by atoms with van der Waals surface area (Å²) in [6.45, 7) is 1.87. The maximum Gasteiger partial charge on any atom is 0.342 e. The number of aromatic hydroxyl groups is 2. The molecule has 1 aromatic rings. The van der Waals surface area contributed by atoms with Gasteiger partial charge in [0.05, 0.1) is 18.4 Å². The lowest BCUT2D eigenvalue weighted by atomic mass is 9.73. The van der Waals surface area contributed by atoms with E-state index >= 15 is 0 Å². The first kappa shape index (κ1) is 20.4. The number of carbonyl (C=O) groups excluding carboxylic acids is 3. The first-order valence-electron chi connectivity index (χ1n) is 10.6. The fourth-order valence-corrected chi connectivity index (χ4v) is 5.10. The molecule has 4 unspecified atom stereocenters. The zero-order chi connectivity index (χ0) is 21.4. The van der Waals surface area contributed by atoms with E-state index < -0.39 is 35.2 Å². The van der Waals surface area contributed by atoms with Crippen LogP contribution in [0, 0.1) is 23.7 Å². The van der Waals surface area contributed by atoms with E-state index in [0.29, 0.717) is 0 Å². The topological polar surface area (TPSA) is 104 Å². The Bertz CT molecular complexity index is 888. The number of phenolic OH excluding ortho intramolecular Hbond substituents is 2. The zero-order valence-corrected chi connectivity index (χ0v) is 17.0. The molecule has 0 spiro atoms. The number of rotatable bonds is 4. The largest absolute Gasteiger partial charge is 0.504 e. The predicted octanol–water partition coefficient (Wildman–Crippen LogP) is 3.01. The number of allylic oxidation sites excluding steroid dienone is 1. The number of benzene rings is 1. The molecule has 7 heteroatoms. The van der Waals surface area contributed by atoms with Gasteiger partial charge in [-0.15, -0.1) is 0 Å². The summed E-state index contributed by atoms with van der Waals surface area (Å²) in [5.41, 5.74) is -0.141. The van der Waals surface area contributed by atoms with Crippen LogP contribution in [0.5, 0.6) is 11.5 Å². The number of hydrogen-bond acceptors (Lipinski definition) is 6. The number of fused-ring (bicyclic) bond motifs is 1. The monoisotopic (exact) mass is 413 g/mol. The Morgan fingerprint density at radius 1 is 1.07 bits per heavy atom. The van der Waals surface area contributed by atoms with Gasteiger partial charge in [-0.2, -0.15) is 0 Å². The maximum absolute atomic E-state index is 13.3. The van der Waals surface area contributed by atoms with Crippen LogP contribution in [-0.2, 0) is 14.3 Å². The van der Waals surface area contributed by atoms with Gasteiger partial charge < -0.3 is 14.9 Å². The molecule has 0 radical (unpaired) electrons. The highest BCUT2D eigenvalue weighted by atomic mass is 16.5. The summed E-state index contributed by atoms with van der Waals surface area (Å²) in [7, 11) is 0. The second-order valence-electron chi connectivity index (χ2n) is 8.57. The van der Waals surface area contributed by atoms with E-state index in [9.17, 15) is 24.6 Å². The van der Waals surface area contributed by atoms with Gasteiger partial charge in [-0.05, 0) is 30.9 Å². The number of imide groups is 1. The highest BCUT2D eigenvalue weighted by Gasteiger charge is 2.55. The van der Waals surface area contributed by atoms with Gasteiger partial charge in [0.25, 0.3) is 0 Å². The van der Waals surface area contributed by atoms with Crippen LogP contribution in [0.3, 0.4) is 0 Å². The molecule has 2 N–H and O–H groups in total. The Kier molecular flexibility index (Phi) is 5.54. The molecule has 4 rings (SSSR count). The van der Waals surface area contributed by atoms with Crippen molar-refractivity contribution in [1.82, 2.24) is 4.90 Å². The number of amides is 2. The standard InChI is InChI=1S/C23H27NO6/c1-13-10-11-14(12-30-23(29)16-8-5-9-17(25)20(16)26)19-18(13)21(27)24(22(19)28)15-6-3-2-4-7-15/h5,8-11,13-15,18-19,25-26H,2-4,6-7,12H2,1H3. The molecule has 1 aromatic carbocycles. The molecule has 1 saturated carbocycles. The molecule has 2 aliphatic carbocycles. The SMILES string of the molecule is CC1C=CC(COC(=O)c2cccc(O)c2O)C2C(=O)N(C3CCCCC3)C(=O)C12. The molecule has 1 heterocycles. The molecule has 2 fully saturated rings. The lowest BCUT2D eigenvalue weighted by molar-refractivity contribution is -0.143. The molecule has 0 bridgehead atoms. The second kappa shape index (κ2) is 8.13. The number of likely N-dealkylation sites (tertiary alicyclic amines) is 1. The Morgan fingerprint density at radius 3 is 2.50 bits per heavy atom. The molecule has 30 heavy (non-hydrogen) atoms. The molecule has 160 valence electrons. The minimum atomic E-state index is -0.784. The highest BCUT2D eigenvalue weighted by Crippen LogP contribution is 2.44. The van der Waals surface area contributed by atoms with Crippen molar-refractivity contribution in [2.75, 3.05) is 6.61 Å². The van der Waals surface area contributed by atoms with Crippen LogP contribution in [0.25, 0.3) is 0 Å². The van der Waals surface area contributed by atoms with Crippen molar-refractivity contribution in [1.29, 1.82) is 0 Å². The third kappa shape index (κ3) is 3.46. The summed E-state index contributed by atoms with van der Waals surface area (Å²) in [5, 5.41) is 19.5. The summed E-state index contributed by atoms with van der Waals surface area (Å²) in [5.74, 6) is -3.41. The third-order valence-electron chi connectivity index (χ3n) is 6.70. The lowest BCUT2D eigenvalue weighted by Gasteiger charge is -2.30. The smallest absolute Gasteiger partial charge is 0.342 e. The number of carbonyl (C=O) groups is 3. The van der Waals surface area contributed by atoms with Crippen molar-refractivity contribution in [3.05, 3.63) is 35.9 Å². The summed E-state index contributed by atoms with van der Waals surface area (Å²) >= 11 is 0. The number of para-hydroxylation sites is 1. The minimum absolute atomic E-state index is 0.0241. The fraction of sp³-hybridized carbons (Fsp3) is 0.522. The molecule has 3 aliphatic rings. The average Bonchev–Trinajstić information content (AvgIpc) is 3.01. The van der Waals surface area contributed by atoms with Crippen LogP contribution in [0.4, 0.5) is 0 Å². The van der Waals surface area contributed by atoms with Gasteiger partial charge in [-0.25, -0.2) is 4.79 Å². The Morgan fingerprint density at radius 2 is 1.77 bits per heavy atom. The quantitative estimate of drug-likeness (QED) is 0.340. The van der Waals surface area contributed by atoms with Crippen LogP contribution >= 0.6 is 0 Å². The molecular weight excluding hydrogens is 386 g/mol. The molecule has 7 nitrogen and oxygen atoms in total. The van der Waals surface area contributed by atoms with Gasteiger partial charge in [0, 0.05) is 12.0 Å². The van der Waals surface area contributed by atoms with Crippen molar-refractivity contribution in [3.63, 3.8) is 0 Å². The number of hydrogen-bond donors (Lipinski definition) is 2. The van der Waals surface area contributed by atoms with E-state index in [1.165, 1.54) is 23.1 Å². The number of nitrogens with zero attached hydrogens (tertiary/aromatic N) is 1. The van der Waals surface area contributed by atoms with Crippen molar-refractivity contribution in [3.8, 4) is 11.5 Å². The second-order valence-corrected chi connectivity index (χ2v) is 8.57. The molecular formula is C23H27NO6. The van der Waals surface area contributed by atoms with E-state index in [4.69, 9.17) is 4.74 Å². The van der Waals surface area contributed by atoms with Crippen molar-refractivity contribution >= 4 is 17.8 Å². The summed E-state index contributed by atoms with van der Waals surface area (Å²) < 4.78 is 5.37. The van der Waals surface area contributed by atoms with E-state index in [2.05, 4.69) is 0 Å². The summed E-state index contributed by atoms with van der Waals surface area (Å²) in [6.07, 6.45) is 8.68. The van der Waals surface area contributed by atoms with Crippen molar-refractivity contribution in [2.45, 2.75) is 45.1 Å². The first-order valence-corrected chi connectivity index (χ1v) is 10.6. The maximum atomic E-state index is 13.3. The van der Waals surface area contributed by atoms with E-state index in [1.54, 1.807) is 0 Å². The van der Waals surface area contributed by atoms with Gasteiger partial charge >= 0.3 is 5.97 Å². The average molecular weight is 413 g/mol. The Labute approximate surface area is 175 Å². The van der Waals surface area contributed by atoms with Crippen LogP contribution < -0.4 is 0 Å². The molecule has 1 aliphatic heterocycles. The van der Waals surface area contributed by atoms with Crippen LogP contribution in [0.1, 0.15) is 49.4 Å². The summed E-state index contributed by atoms with van der Waals surface area (Å²) in [6, 6.07) is 4.04. The third-order valence-corrected chi connectivity index (χ3v) is 6.70. The van der Waals surface area contributed by atoms with Crippen LogP contribution in [-0.4, -0.2) is 45.5 Å². The van der Waals surface area contributed by atoms with Gasteiger partial charge in [0.2, 0.25) is 11.8 Å². The van der Waals surface area contributed by atoms with E-state index in [-0.39, 0.29) is 35.9 Å². The van der Waals surface area contributed by atoms with E-state index in [0.717, 1.165) is 32.1 Å². The van der Waals surface area contributed by atoms with Crippen LogP contribution in [0.15, 0.2) is 30.4 Å². The molecule has 2 amide bonds. The van der Waals surface area contributed by atoms with Crippen molar-refractivity contribution in [2.24, 2.45) is 23.7 Å². The first-order chi connectivity index (χ1) is 14.4. The normalized spacial score (nSPS) is 29.2. The highest BCUT2D eigenvalue weighted by molar-refractivity contribution is 6.06. The van der Waals surface area contributed by atoms with Gasteiger partial charge in [-0.1, -0.05) is 44.4 Å².